The summed E-state index contributed by atoms with van der Waals surface area (Å²) in [6.45, 7) is 1.90. The summed E-state index contributed by atoms with van der Waals surface area (Å²) in [5, 5.41) is 6.16. The maximum atomic E-state index is 13.7. The summed E-state index contributed by atoms with van der Waals surface area (Å²) in [5.41, 5.74) is 5.60. The van der Waals surface area contributed by atoms with Crippen molar-refractivity contribution in [2.45, 2.75) is 13.5 Å². The number of rotatable bonds is 3. The normalized spacial score (nSPS) is 9.86. The molecular weight excluding hydrogens is 275 g/mol. The standard InChI is InChI=1S/C14H13FN4O2/c1-9-18-13(21-19-9)8-17-14(20)11-5-4-10(3-2-6-16)12(15)7-11/h4-5,7H,6,8,16H2,1H3,(H,17,20). The number of aryl methyl sites for hydroxylation is 1. The summed E-state index contributed by atoms with van der Waals surface area (Å²) >= 11 is 0. The molecule has 21 heavy (non-hydrogen) atoms. The molecule has 1 aromatic heterocycles. The van der Waals surface area contributed by atoms with Crippen molar-refractivity contribution in [3.8, 4) is 11.8 Å². The van der Waals surface area contributed by atoms with Crippen molar-refractivity contribution < 1.29 is 13.7 Å². The van der Waals surface area contributed by atoms with Crippen molar-refractivity contribution in [2.75, 3.05) is 6.54 Å². The number of hydrogen-bond acceptors (Lipinski definition) is 5. The van der Waals surface area contributed by atoms with E-state index < -0.39 is 11.7 Å². The molecule has 0 aliphatic carbocycles. The van der Waals surface area contributed by atoms with E-state index in [0.29, 0.717) is 5.82 Å². The van der Waals surface area contributed by atoms with E-state index in [1.165, 1.54) is 12.1 Å². The molecule has 1 aromatic carbocycles. The number of carbonyl (C=O) groups is 1. The highest BCUT2D eigenvalue weighted by Crippen LogP contribution is 2.09. The number of halogens is 1. The molecule has 0 atom stereocenters. The number of amides is 1. The summed E-state index contributed by atoms with van der Waals surface area (Å²) in [6, 6.07) is 4.04. The van der Waals surface area contributed by atoms with Crippen LogP contribution in [-0.4, -0.2) is 22.6 Å². The Hall–Kier alpha value is -2.72. The molecule has 0 radical (unpaired) electrons. The zero-order valence-electron chi connectivity index (χ0n) is 11.3. The van der Waals surface area contributed by atoms with E-state index in [1.807, 2.05) is 0 Å². The topological polar surface area (TPSA) is 94.0 Å². The Bertz CT molecular complexity index is 715. The van der Waals surface area contributed by atoms with Gasteiger partial charge < -0.3 is 15.6 Å². The number of benzene rings is 1. The fourth-order valence-electron chi connectivity index (χ4n) is 1.57. The average molecular weight is 288 g/mol. The van der Waals surface area contributed by atoms with Crippen LogP contribution in [0.4, 0.5) is 4.39 Å². The molecule has 2 aromatic rings. The molecular formula is C14H13FN4O2. The first kappa shape index (κ1) is 14.7. The van der Waals surface area contributed by atoms with Crippen LogP contribution in [0.15, 0.2) is 22.7 Å². The van der Waals surface area contributed by atoms with Crippen LogP contribution in [-0.2, 0) is 6.54 Å². The first-order valence-electron chi connectivity index (χ1n) is 6.16. The van der Waals surface area contributed by atoms with Gasteiger partial charge in [0.15, 0.2) is 5.82 Å². The van der Waals surface area contributed by atoms with Gasteiger partial charge in [-0.25, -0.2) is 4.39 Å². The molecule has 0 aliphatic heterocycles. The lowest BCUT2D eigenvalue weighted by Gasteiger charge is -2.03. The fraction of sp³-hybridized carbons (Fsp3) is 0.214. The van der Waals surface area contributed by atoms with Crippen molar-refractivity contribution in [2.24, 2.45) is 5.73 Å². The highest BCUT2D eigenvalue weighted by Gasteiger charge is 2.10. The maximum absolute atomic E-state index is 13.7. The van der Waals surface area contributed by atoms with E-state index in [4.69, 9.17) is 10.3 Å². The van der Waals surface area contributed by atoms with Crippen LogP contribution in [0, 0.1) is 24.6 Å². The van der Waals surface area contributed by atoms with Gasteiger partial charge in [-0.15, -0.1) is 0 Å². The van der Waals surface area contributed by atoms with Crippen LogP contribution < -0.4 is 11.1 Å². The summed E-state index contributed by atoms with van der Waals surface area (Å²) in [6.07, 6.45) is 0. The molecule has 3 N–H and O–H groups in total. The maximum Gasteiger partial charge on any atom is 0.251 e. The monoisotopic (exact) mass is 288 g/mol. The highest BCUT2D eigenvalue weighted by atomic mass is 19.1. The third-order valence-corrected chi connectivity index (χ3v) is 2.53. The molecule has 1 amide bonds. The van der Waals surface area contributed by atoms with Gasteiger partial charge in [-0.2, -0.15) is 4.98 Å². The van der Waals surface area contributed by atoms with Gasteiger partial charge in [0.25, 0.3) is 5.91 Å². The highest BCUT2D eigenvalue weighted by molar-refractivity contribution is 5.94. The molecule has 0 unspecified atom stereocenters. The fourth-order valence-corrected chi connectivity index (χ4v) is 1.57. The van der Waals surface area contributed by atoms with Crippen LogP contribution in [0.2, 0.25) is 0 Å². The SMILES string of the molecule is Cc1noc(CNC(=O)c2ccc(C#CCN)c(F)c2)n1. The summed E-state index contributed by atoms with van der Waals surface area (Å²) in [7, 11) is 0. The predicted octanol–water partition coefficient (Wildman–Crippen LogP) is 0.757. The van der Waals surface area contributed by atoms with Crippen molar-refractivity contribution in [1.82, 2.24) is 15.5 Å². The Labute approximate surface area is 120 Å². The molecule has 0 bridgehead atoms. The van der Waals surface area contributed by atoms with Gasteiger partial charge in [-0.1, -0.05) is 17.0 Å². The summed E-state index contributed by atoms with van der Waals surface area (Å²) < 4.78 is 18.6. The van der Waals surface area contributed by atoms with Gasteiger partial charge in [0.05, 0.1) is 18.7 Å². The van der Waals surface area contributed by atoms with Crippen LogP contribution in [0.1, 0.15) is 27.6 Å². The largest absolute Gasteiger partial charge is 0.343 e. The molecule has 0 saturated heterocycles. The van der Waals surface area contributed by atoms with Gasteiger partial charge in [0.1, 0.15) is 5.82 Å². The van der Waals surface area contributed by atoms with Crippen molar-refractivity contribution in [3.63, 3.8) is 0 Å². The molecule has 1 heterocycles. The Balaban J connectivity index is 2.04. The Morgan fingerprint density at radius 2 is 2.33 bits per heavy atom. The van der Waals surface area contributed by atoms with E-state index >= 15 is 0 Å². The number of carbonyl (C=O) groups excluding carboxylic acids is 1. The smallest absolute Gasteiger partial charge is 0.251 e. The van der Waals surface area contributed by atoms with Crippen molar-refractivity contribution in [3.05, 3.63) is 46.9 Å². The Kier molecular flexibility index (Phi) is 4.64. The lowest BCUT2D eigenvalue weighted by Crippen LogP contribution is -2.23. The predicted molar refractivity (Wildman–Crippen MR) is 72.5 cm³/mol. The van der Waals surface area contributed by atoms with Gasteiger partial charge in [0, 0.05) is 5.56 Å². The lowest BCUT2D eigenvalue weighted by molar-refractivity contribution is 0.0946. The zero-order valence-corrected chi connectivity index (χ0v) is 11.3. The summed E-state index contributed by atoms with van der Waals surface area (Å²) in [4.78, 5) is 15.8. The van der Waals surface area contributed by atoms with Gasteiger partial charge in [0.2, 0.25) is 5.89 Å². The second kappa shape index (κ2) is 6.63. The van der Waals surface area contributed by atoms with E-state index in [9.17, 15) is 9.18 Å². The molecule has 108 valence electrons. The number of hydrogen-bond donors (Lipinski definition) is 2. The molecule has 2 rings (SSSR count). The molecule has 0 saturated carbocycles. The van der Waals surface area contributed by atoms with Crippen molar-refractivity contribution >= 4 is 5.91 Å². The second-order valence-electron chi connectivity index (χ2n) is 4.12. The lowest BCUT2D eigenvalue weighted by atomic mass is 10.1. The molecule has 0 fully saturated rings. The van der Waals surface area contributed by atoms with Crippen LogP contribution >= 0.6 is 0 Å². The minimum absolute atomic E-state index is 0.0794. The van der Waals surface area contributed by atoms with Crippen LogP contribution in [0.5, 0.6) is 0 Å². The molecule has 0 spiro atoms. The van der Waals surface area contributed by atoms with Gasteiger partial charge in [-0.05, 0) is 25.1 Å². The van der Waals surface area contributed by atoms with E-state index in [2.05, 4.69) is 27.3 Å². The Morgan fingerprint density at radius 3 is 2.95 bits per heavy atom. The minimum Gasteiger partial charge on any atom is -0.343 e. The summed E-state index contributed by atoms with van der Waals surface area (Å²) in [5.74, 6) is 4.89. The average Bonchev–Trinajstić information content (AvgIpc) is 2.89. The minimum atomic E-state index is -0.572. The first-order valence-corrected chi connectivity index (χ1v) is 6.16. The molecule has 7 heteroatoms. The second-order valence-corrected chi connectivity index (χ2v) is 4.12. The molecule has 6 nitrogen and oxygen atoms in total. The van der Waals surface area contributed by atoms with Crippen molar-refractivity contribution in [1.29, 1.82) is 0 Å². The van der Waals surface area contributed by atoms with E-state index in [1.54, 1.807) is 6.92 Å². The molecule has 0 aliphatic rings. The number of aromatic nitrogens is 2. The quantitative estimate of drug-likeness (QED) is 0.813. The third kappa shape index (κ3) is 3.87. The first-order chi connectivity index (χ1) is 10.1. The zero-order chi connectivity index (χ0) is 15.2. The van der Waals surface area contributed by atoms with E-state index in [0.717, 1.165) is 6.07 Å². The van der Waals surface area contributed by atoms with Crippen LogP contribution in [0.3, 0.4) is 0 Å². The van der Waals surface area contributed by atoms with Gasteiger partial charge in [-0.3, -0.25) is 4.79 Å². The van der Waals surface area contributed by atoms with E-state index in [-0.39, 0.29) is 30.1 Å². The number of nitrogens with zero attached hydrogens (tertiary/aromatic N) is 2. The number of nitrogens with one attached hydrogen (secondary N) is 1. The van der Waals surface area contributed by atoms with Gasteiger partial charge >= 0.3 is 0 Å². The number of nitrogens with two attached hydrogens (primary N) is 1. The third-order valence-electron chi connectivity index (χ3n) is 2.53. The Morgan fingerprint density at radius 1 is 1.52 bits per heavy atom. The van der Waals surface area contributed by atoms with Crippen LogP contribution in [0.25, 0.3) is 0 Å².